The minimum atomic E-state index is -0.410. The predicted molar refractivity (Wildman–Crippen MR) is 113 cm³/mol. The van der Waals surface area contributed by atoms with Gasteiger partial charge < -0.3 is 14.6 Å². The molecule has 3 aliphatic rings. The molecule has 0 amide bonds. The van der Waals surface area contributed by atoms with Crippen molar-refractivity contribution in [3.63, 3.8) is 0 Å². The second kappa shape index (κ2) is 9.21. The van der Waals surface area contributed by atoms with Crippen LogP contribution >= 0.6 is 23.5 Å². The molecule has 1 spiro atoms. The summed E-state index contributed by atoms with van der Waals surface area (Å²) in [4.78, 5) is 0. The van der Waals surface area contributed by atoms with Gasteiger partial charge in [0.25, 0.3) is 0 Å². The second-order valence-corrected chi connectivity index (χ2v) is 11.6. The molecule has 3 rings (SSSR count). The fourth-order valence-corrected chi connectivity index (χ4v) is 7.70. The SMILES string of the molecule is CCCCCC(O)C=CC1CCC2(OCC(C)(C)CO2)C1C1SCCS1. The average molecular weight is 401 g/mol. The van der Waals surface area contributed by atoms with E-state index in [4.69, 9.17) is 9.47 Å². The molecule has 26 heavy (non-hydrogen) atoms. The molecule has 2 heterocycles. The van der Waals surface area contributed by atoms with Crippen LogP contribution in [0.15, 0.2) is 12.2 Å². The number of aliphatic hydroxyl groups is 1. The number of ether oxygens (including phenoxy) is 2. The molecule has 2 saturated heterocycles. The Morgan fingerprint density at radius 2 is 1.85 bits per heavy atom. The molecular formula is C21H36O3S2. The largest absolute Gasteiger partial charge is 0.389 e. The number of allylic oxidation sites excluding steroid dienone is 1. The summed E-state index contributed by atoms with van der Waals surface area (Å²) in [7, 11) is 0. The number of thioether (sulfide) groups is 2. The van der Waals surface area contributed by atoms with Crippen LogP contribution in [0.25, 0.3) is 0 Å². The fourth-order valence-electron chi connectivity index (χ4n) is 4.28. The summed E-state index contributed by atoms with van der Waals surface area (Å²) in [5, 5.41) is 10.3. The molecule has 0 aromatic rings. The van der Waals surface area contributed by atoms with Gasteiger partial charge in [-0.05, 0) is 18.8 Å². The number of unbranched alkanes of at least 4 members (excludes halogenated alkanes) is 2. The monoisotopic (exact) mass is 400 g/mol. The highest BCUT2D eigenvalue weighted by molar-refractivity contribution is 8.20. The summed E-state index contributed by atoms with van der Waals surface area (Å²) in [5.74, 6) is 2.87. The molecule has 0 radical (unpaired) electrons. The van der Waals surface area contributed by atoms with Crippen LogP contribution in [0.4, 0.5) is 0 Å². The number of aliphatic hydroxyl groups excluding tert-OH is 1. The highest BCUT2D eigenvalue weighted by Gasteiger charge is 2.56. The summed E-state index contributed by atoms with van der Waals surface area (Å²) >= 11 is 4.14. The first kappa shape index (κ1) is 21.0. The van der Waals surface area contributed by atoms with E-state index < -0.39 is 5.79 Å². The van der Waals surface area contributed by atoms with Gasteiger partial charge in [-0.25, -0.2) is 0 Å². The van der Waals surface area contributed by atoms with Gasteiger partial charge in [0.1, 0.15) is 0 Å². The smallest absolute Gasteiger partial charge is 0.173 e. The van der Waals surface area contributed by atoms with Gasteiger partial charge in [-0.15, -0.1) is 23.5 Å². The van der Waals surface area contributed by atoms with E-state index in [9.17, 15) is 5.11 Å². The van der Waals surface area contributed by atoms with Crippen molar-refractivity contribution < 1.29 is 14.6 Å². The maximum atomic E-state index is 10.3. The fraction of sp³-hybridized carbons (Fsp3) is 0.905. The molecule has 5 heteroatoms. The summed E-state index contributed by atoms with van der Waals surface area (Å²) in [5.41, 5.74) is 0.106. The van der Waals surface area contributed by atoms with Gasteiger partial charge in [-0.2, -0.15) is 0 Å². The first-order chi connectivity index (χ1) is 12.5. The molecule has 3 fully saturated rings. The Morgan fingerprint density at radius 3 is 2.50 bits per heavy atom. The maximum absolute atomic E-state index is 10.3. The molecule has 3 atom stereocenters. The molecule has 1 saturated carbocycles. The lowest BCUT2D eigenvalue weighted by molar-refractivity contribution is -0.313. The molecule has 2 aliphatic heterocycles. The molecule has 0 aromatic carbocycles. The Balaban J connectivity index is 1.67. The van der Waals surface area contributed by atoms with Crippen molar-refractivity contribution in [3.05, 3.63) is 12.2 Å². The molecule has 0 aromatic heterocycles. The highest BCUT2D eigenvalue weighted by atomic mass is 32.2. The first-order valence-corrected chi connectivity index (χ1v) is 12.4. The van der Waals surface area contributed by atoms with Gasteiger partial charge >= 0.3 is 0 Å². The van der Waals surface area contributed by atoms with E-state index in [1.54, 1.807) is 0 Å². The summed E-state index contributed by atoms with van der Waals surface area (Å²) in [6, 6.07) is 0. The van der Waals surface area contributed by atoms with Crippen LogP contribution in [0.2, 0.25) is 0 Å². The predicted octanol–water partition coefficient (Wildman–Crippen LogP) is 5.09. The molecule has 3 nitrogen and oxygen atoms in total. The Labute approximate surface area is 168 Å². The zero-order valence-electron chi connectivity index (χ0n) is 16.6. The standard InChI is InChI=1S/C21H36O3S2/c1-4-5-6-7-17(22)9-8-16-10-11-21(18(16)19-25-12-13-26-19)23-14-20(2,3)15-24-21/h8-9,16-19,22H,4-7,10-15H2,1-3H3. The van der Waals surface area contributed by atoms with Crippen LogP contribution in [-0.4, -0.2) is 46.3 Å². The van der Waals surface area contributed by atoms with Crippen molar-refractivity contribution in [2.75, 3.05) is 24.7 Å². The second-order valence-electron chi connectivity index (χ2n) is 8.84. The Hall–Kier alpha value is 0.320. The lowest BCUT2D eigenvalue weighted by atomic mass is 9.90. The van der Waals surface area contributed by atoms with Gasteiger partial charge in [0, 0.05) is 29.3 Å². The van der Waals surface area contributed by atoms with Crippen molar-refractivity contribution in [1.82, 2.24) is 0 Å². The van der Waals surface area contributed by atoms with Crippen molar-refractivity contribution in [2.45, 2.75) is 75.8 Å². The highest BCUT2D eigenvalue weighted by Crippen LogP contribution is 2.55. The maximum Gasteiger partial charge on any atom is 0.173 e. The van der Waals surface area contributed by atoms with Crippen molar-refractivity contribution >= 4 is 23.5 Å². The topological polar surface area (TPSA) is 38.7 Å². The Morgan fingerprint density at radius 1 is 1.15 bits per heavy atom. The van der Waals surface area contributed by atoms with Crippen molar-refractivity contribution in [2.24, 2.45) is 17.3 Å². The molecule has 1 N–H and O–H groups in total. The average Bonchev–Trinajstić information content (AvgIpc) is 3.24. The van der Waals surface area contributed by atoms with Gasteiger partial charge in [0.2, 0.25) is 0 Å². The minimum Gasteiger partial charge on any atom is -0.389 e. The van der Waals surface area contributed by atoms with E-state index in [2.05, 4.69) is 50.4 Å². The van der Waals surface area contributed by atoms with Gasteiger partial charge in [-0.1, -0.05) is 52.2 Å². The summed E-state index contributed by atoms with van der Waals surface area (Å²) in [6.07, 6.45) is 10.5. The van der Waals surface area contributed by atoms with Crippen molar-refractivity contribution in [1.29, 1.82) is 0 Å². The zero-order valence-corrected chi connectivity index (χ0v) is 18.2. The van der Waals surface area contributed by atoms with E-state index in [0.29, 0.717) is 16.4 Å². The number of rotatable bonds is 7. The third-order valence-corrected chi connectivity index (χ3v) is 9.03. The van der Waals surface area contributed by atoms with Crippen molar-refractivity contribution in [3.8, 4) is 0 Å². The normalized spacial score (nSPS) is 32.6. The van der Waals surface area contributed by atoms with Gasteiger partial charge in [-0.3, -0.25) is 0 Å². The van der Waals surface area contributed by atoms with Crippen LogP contribution < -0.4 is 0 Å². The number of hydrogen-bond acceptors (Lipinski definition) is 5. The zero-order chi connectivity index (χ0) is 18.6. The van der Waals surface area contributed by atoms with E-state index >= 15 is 0 Å². The lowest BCUT2D eigenvalue weighted by Crippen LogP contribution is -2.52. The van der Waals surface area contributed by atoms with Crippen LogP contribution in [0.3, 0.4) is 0 Å². The van der Waals surface area contributed by atoms with E-state index in [1.165, 1.54) is 24.3 Å². The van der Waals surface area contributed by atoms with Gasteiger partial charge in [0.05, 0.1) is 23.9 Å². The summed E-state index contributed by atoms with van der Waals surface area (Å²) < 4.78 is 13.4. The molecule has 1 aliphatic carbocycles. The van der Waals surface area contributed by atoms with Crippen LogP contribution in [0.5, 0.6) is 0 Å². The molecular weight excluding hydrogens is 364 g/mol. The quantitative estimate of drug-likeness (QED) is 0.476. The Kier molecular flexibility index (Phi) is 7.45. The van der Waals surface area contributed by atoms with E-state index in [0.717, 1.165) is 38.9 Å². The third-order valence-electron chi connectivity index (χ3n) is 5.83. The molecule has 3 unspecified atom stereocenters. The lowest BCUT2D eigenvalue weighted by Gasteiger charge is -2.46. The van der Waals surface area contributed by atoms with Crippen LogP contribution in [-0.2, 0) is 9.47 Å². The van der Waals surface area contributed by atoms with Gasteiger partial charge in [0.15, 0.2) is 5.79 Å². The van der Waals surface area contributed by atoms with Crippen LogP contribution in [0, 0.1) is 17.3 Å². The van der Waals surface area contributed by atoms with E-state index in [-0.39, 0.29) is 11.5 Å². The minimum absolute atomic E-state index is 0.106. The molecule has 0 bridgehead atoms. The molecule has 150 valence electrons. The van der Waals surface area contributed by atoms with E-state index in [1.807, 2.05) is 6.08 Å². The first-order valence-electron chi connectivity index (χ1n) is 10.3. The number of hydrogen-bond donors (Lipinski definition) is 1. The Bertz CT molecular complexity index is 464. The van der Waals surface area contributed by atoms with Crippen LogP contribution in [0.1, 0.15) is 59.3 Å². The summed E-state index contributed by atoms with van der Waals surface area (Å²) in [6.45, 7) is 8.19. The third kappa shape index (κ3) is 5.02.